The Hall–Kier alpha value is -1.77. The molecule has 2 N–H and O–H groups in total. The van der Waals surface area contributed by atoms with Crippen molar-refractivity contribution in [2.75, 3.05) is 39.4 Å². The Balaban J connectivity index is 1.67. The summed E-state index contributed by atoms with van der Waals surface area (Å²) in [4.78, 5) is 8.96. The molecule has 2 saturated heterocycles. The van der Waals surface area contributed by atoms with Crippen LogP contribution in [0.5, 0.6) is 0 Å². The summed E-state index contributed by atoms with van der Waals surface area (Å²) in [5.74, 6) is 0.671. The normalized spacial score (nSPS) is 18.6. The number of amidine groups is 1. The topological polar surface area (TPSA) is 52.1 Å². The third-order valence-corrected chi connectivity index (χ3v) is 5.43. The Bertz CT molecular complexity index is 653. The number of rotatable bonds is 1. The average Bonchev–Trinajstić information content (AvgIpc) is 3.01. The smallest absolute Gasteiger partial charge is 0.197 e. The van der Waals surface area contributed by atoms with Gasteiger partial charge < -0.3 is 14.5 Å². The summed E-state index contributed by atoms with van der Waals surface area (Å²) in [6, 6.07) is 9.96. The monoisotopic (exact) mass is 405 g/mol. The van der Waals surface area contributed by atoms with Gasteiger partial charge in [0.25, 0.3) is 0 Å². The van der Waals surface area contributed by atoms with Crippen LogP contribution in [0.1, 0.15) is 31.2 Å². The van der Waals surface area contributed by atoms with Crippen molar-refractivity contribution in [3.05, 3.63) is 35.9 Å². The lowest BCUT2D eigenvalue weighted by Gasteiger charge is -2.28. The standard InChI is InChI=1S/C19H27N5OS2/c26-18(24-12-14-25-15-13-24)20-17(16-8-4-3-5-9-16)21-22-19(27)23-10-6-1-2-7-11-23/h3-5,8-9H,1-2,6-7,10-15H2,(H,22,27)(H,20,21,26). The number of thiocarbonyl (C=S) groups is 2. The van der Waals surface area contributed by atoms with Gasteiger partial charge in [-0.05, 0) is 37.3 Å². The van der Waals surface area contributed by atoms with Crippen molar-refractivity contribution in [3.8, 4) is 0 Å². The summed E-state index contributed by atoms with van der Waals surface area (Å²) in [7, 11) is 0. The molecule has 0 amide bonds. The Kier molecular flexibility index (Phi) is 7.79. The second-order valence-electron chi connectivity index (χ2n) is 6.66. The fourth-order valence-electron chi connectivity index (χ4n) is 3.15. The Labute approximate surface area is 171 Å². The van der Waals surface area contributed by atoms with Crippen LogP contribution in [0.25, 0.3) is 0 Å². The molecule has 0 spiro atoms. The molecule has 0 radical (unpaired) electrons. The largest absolute Gasteiger partial charge is 0.378 e. The highest BCUT2D eigenvalue weighted by Gasteiger charge is 2.16. The van der Waals surface area contributed by atoms with Crippen molar-refractivity contribution in [2.24, 2.45) is 4.99 Å². The predicted octanol–water partition coefficient (Wildman–Crippen LogP) is 2.31. The van der Waals surface area contributed by atoms with Crippen LogP contribution in [-0.2, 0) is 4.74 Å². The molecule has 0 bridgehead atoms. The fourth-order valence-corrected chi connectivity index (χ4v) is 3.65. The highest BCUT2D eigenvalue weighted by atomic mass is 32.1. The van der Waals surface area contributed by atoms with Crippen LogP contribution < -0.4 is 10.9 Å². The van der Waals surface area contributed by atoms with Crippen LogP contribution in [0, 0.1) is 0 Å². The van der Waals surface area contributed by atoms with E-state index in [-0.39, 0.29) is 0 Å². The van der Waals surface area contributed by atoms with Crippen LogP contribution in [-0.4, -0.2) is 65.3 Å². The van der Waals surface area contributed by atoms with Gasteiger partial charge in [-0.2, -0.15) is 0 Å². The molecule has 1 aromatic rings. The van der Waals surface area contributed by atoms with Gasteiger partial charge in [-0.25, -0.2) is 4.99 Å². The van der Waals surface area contributed by atoms with Gasteiger partial charge in [-0.3, -0.25) is 10.9 Å². The van der Waals surface area contributed by atoms with E-state index in [1.807, 2.05) is 30.3 Å². The third-order valence-electron chi connectivity index (χ3n) is 4.72. The van der Waals surface area contributed by atoms with Gasteiger partial charge in [0.05, 0.1) is 13.2 Å². The van der Waals surface area contributed by atoms with Crippen LogP contribution >= 0.6 is 24.4 Å². The number of ether oxygens (including phenoxy) is 1. The maximum Gasteiger partial charge on any atom is 0.197 e. The molecule has 2 fully saturated rings. The molecule has 0 aliphatic carbocycles. The average molecular weight is 406 g/mol. The van der Waals surface area contributed by atoms with Gasteiger partial charge in [-0.1, -0.05) is 43.2 Å². The summed E-state index contributed by atoms with van der Waals surface area (Å²) < 4.78 is 5.40. The van der Waals surface area contributed by atoms with E-state index in [4.69, 9.17) is 29.2 Å². The SMILES string of the molecule is S=C(/N=C(/NNC(=S)N1CCCCCC1)c1ccccc1)N1CCOCC1. The number of morpholine rings is 1. The van der Waals surface area contributed by atoms with E-state index in [0.717, 1.165) is 31.7 Å². The molecular weight excluding hydrogens is 378 g/mol. The number of benzene rings is 1. The van der Waals surface area contributed by atoms with Crippen LogP contribution in [0.2, 0.25) is 0 Å². The number of hydrogen-bond acceptors (Lipinski definition) is 3. The first-order chi connectivity index (χ1) is 13.2. The zero-order chi connectivity index (χ0) is 18.9. The minimum absolute atomic E-state index is 0.562. The van der Waals surface area contributed by atoms with Gasteiger partial charge in [0, 0.05) is 31.7 Å². The van der Waals surface area contributed by atoms with Crippen LogP contribution in [0.3, 0.4) is 0 Å². The van der Waals surface area contributed by atoms with E-state index >= 15 is 0 Å². The van der Waals surface area contributed by atoms with Crippen molar-refractivity contribution in [2.45, 2.75) is 25.7 Å². The molecule has 0 aromatic heterocycles. The molecule has 6 nitrogen and oxygen atoms in total. The molecule has 0 atom stereocenters. The second-order valence-corrected chi connectivity index (χ2v) is 7.42. The van der Waals surface area contributed by atoms with Gasteiger partial charge >= 0.3 is 0 Å². The van der Waals surface area contributed by atoms with E-state index in [1.54, 1.807) is 0 Å². The number of hydrogen-bond donors (Lipinski definition) is 2. The molecule has 146 valence electrons. The number of hydrazine groups is 1. The second kappa shape index (κ2) is 10.5. The minimum atomic E-state index is 0.562. The predicted molar refractivity (Wildman–Crippen MR) is 117 cm³/mol. The minimum Gasteiger partial charge on any atom is -0.378 e. The molecule has 8 heteroatoms. The number of nitrogens with one attached hydrogen (secondary N) is 2. The zero-order valence-electron chi connectivity index (χ0n) is 15.5. The van der Waals surface area contributed by atoms with Gasteiger partial charge in [-0.15, -0.1) is 0 Å². The van der Waals surface area contributed by atoms with Crippen LogP contribution in [0.4, 0.5) is 0 Å². The molecule has 2 aliphatic rings. The number of likely N-dealkylation sites (tertiary alicyclic amines) is 1. The summed E-state index contributed by atoms with van der Waals surface area (Å²) in [6.45, 7) is 4.89. The summed E-state index contributed by atoms with van der Waals surface area (Å²) >= 11 is 11.1. The Morgan fingerprint density at radius 2 is 1.52 bits per heavy atom. The first-order valence-electron chi connectivity index (χ1n) is 9.56. The van der Waals surface area contributed by atoms with Gasteiger partial charge in [0.15, 0.2) is 16.1 Å². The maximum atomic E-state index is 5.58. The summed E-state index contributed by atoms with van der Waals surface area (Å²) in [6.07, 6.45) is 4.92. The first-order valence-corrected chi connectivity index (χ1v) is 10.4. The summed E-state index contributed by atoms with van der Waals surface area (Å²) in [5.41, 5.74) is 7.31. The van der Waals surface area contributed by atoms with Gasteiger partial charge in [0.2, 0.25) is 0 Å². The molecule has 1 aromatic carbocycles. The van der Waals surface area contributed by atoms with Crippen LogP contribution in [0.15, 0.2) is 35.3 Å². The lowest BCUT2D eigenvalue weighted by molar-refractivity contribution is 0.0686. The molecular formula is C19H27N5OS2. The van der Waals surface area contributed by atoms with E-state index < -0.39 is 0 Å². The van der Waals surface area contributed by atoms with Gasteiger partial charge in [0.1, 0.15) is 0 Å². The molecule has 0 unspecified atom stereocenters. The fraction of sp³-hybridized carbons (Fsp3) is 0.526. The number of nitrogens with zero attached hydrogens (tertiary/aromatic N) is 3. The molecule has 3 rings (SSSR count). The molecule has 27 heavy (non-hydrogen) atoms. The first kappa shape index (κ1) is 20.0. The molecule has 2 heterocycles. The Morgan fingerprint density at radius 3 is 2.19 bits per heavy atom. The Morgan fingerprint density at radius 1 is 0.852 bits per heavy atom. The third kappa shape index (κ3) is 6.12. The van der Waals surface area contributed by atoms with E-state index in [1.165, 1.54) is 25.7 Å². The molecule has 2 aliphatic heterocycles. The molecule has 0 saturated carbocycles. The lowest BCUT2D eigenvalue weighted by Crippen LogP contribution is -2.49. The van der Waals surface area contributed by atoms with E-state index in [9.17, 15) is 0 Å². The van der Waals surface area contributed by atoms with Crippen molar-refractivity contribution in [3.63, 3.8) is 0 Å². The van der Waals surface area contributed by atoms with E-state index in [0.29, 0.717) is 29.3 Å². The maximum absolute atomic E-state index is 5.58. The zero-order valence-corrected chi connectivity index (χ0v) is 17.2. The summed E-state index contributed by atoms with van der Waals surface area (Å²) in [5, 5.41) is 1.27. The van der Waals surface area contributed by atoms with Crippen molar-refractivity contribution in [1.82, 2.24) is 20.7 Å². The highest BCUT2D eigenvalue weighted by Crippen LogP contribution is 2.09. The van der Waals surface area contributed by atoms with Crippen molar-refractivity contribution >= 4 is 40.5 Å². The van der Waals surface area contributed by atoms with Crippen molar-refractivity contribution in [1.29, 1.82) is 0 Å². The quantitative estimate of drug-likeness (QED) is 0.322. The lowest BCUT2D eigenvalue weighted by atomic mass is 10.2. The van der Waals surface area contributed by atoms with Crippen molar-refractivity contribution < 1.29 is 4.74 Å². The number of aliphatic imine (C=N–C) groups is 1. The van der Waals surface area contributed by atoms with E-state index in [2.05, 4.69) is 25.6 Å². The highest BCUT2D eigenvalue weighted by molar-refractivity contribution is 7.80.